The van der Waals surface area contributed by atoms with Gasteiger partial charge in [0.2, 0.25) is 5.91 Å². The van der Waals surface area contributed by atoms with Crippen LogP contribution >= 0.6 is 0 Å². The van der Waals surface area contributed by atoms with Gasteiger partial charge in [0, 0.05) is 11.6 Å². The number of hydrogen-bond donors (Lipinski definition) is 2. The van der Waals surface area contributed by atoms with Crippen LogP contribution in [0.25, 0.3) is 0 Å². The standard InChI is InChI=1S/C19H17F2N5O2/c1-10(14-5-3-12(20)7-15(14)21)23-18(27)11(2)26-9-17-16(25-19(26)28)6-4-13(8-22)24-17/h3-7,10-11H,9H2,1-2H3,(H,23,27)(H,25,28)/t10-,11+/m0/s1. The maximum atomic E-state index is 13.9. The van der Waals surface area contributed by atoms with E-state index in [4.69, 9.17) is 5.26 Å². The monoisotopic (exact) mass is 385 g/mol. The van der Waals surface area contributed by atoms with Crippen LogP contribution in [0.4, 0.5) is 19.3 Å². The molecule has 3 amide bonds. The number of hydrogen-bond acceptors (Lipinski definition) is 4. The zero-order chi connectivity index (χ0) is 20.4. The summed E-state index contributed by atoms with van der Waals surface area (Å²) in [4.78, 5) is 30.3. The van der Waals surface area contributed by atoms with Crippen molar-refractivity contribution in [3.05, 3.63) is 58.9 Å². The van der Waals surface area contributed by atoms with Crippen molar-refractivity contribution in [3.8, 4) is 6.07 Å². The Balaban J connectivity index is 1.73. The topological polar surface area (TPSA) is 98.1 Å². The molecule has 2 heterocycles. The maximum Gasteiger partial charge on any atom is 0.322 e. The minimum atomic E-state index is -0.883. The molecule has 0 saturated carbocycles. The molecule has 7 nitrogen and oxygen atoms in total. The van der Waals surface area contributed by atoms with Crippen LogP contribution in [-0.4, -0.2) is 27.9 Å². The van der Waals surface area contributed by atoms with Crippen molar-refractivity contribution in [3.63, 3.8) is 0 Å². The Labute approximate surface area is 160 Å². The third kappa shape index (κ3) is 3.76. The molecule has 2 aromatic rings. The minimum absolute atomic E-state index is 0.0462. The van der Waals surface area contributed by atoms with Crippen molar-refractivity contribution < 1.29 is 18.4 Å². The Hall–Kier alpha value is -3.54. The number of pyridine rings is 1. The summed E-state index contributed by atoms with van der Waals surface area (Å²) >= 11 is 0. The van der Waals surface area contributed by atoms with Gasteiger partial charge in [0.1, 0.15) is 29.4 Å². The number of rotatable bonds is 4. The molecule has 3 rings (SSSR count). The summed E-state index contributed by atoms with van der Waals surface area (Å²) in [6, 6.07) is 6.02. The molecule has 1 aliphatic heterocycles. The molecular formula is C19H17F2N5O2. The van der Waals surface area contributed by atoms with Gasteiger partial charge in [-0.3, -0.25) is 4.79 Å². The van der Waals surface area contributed by atoms with Gasteiger partial charge in [0.25, 0.3) is 0 Å². The molecule has 0 fully saturated rings. The average molecular weight is 385 g/mol. The number of nitrogens with one attached hydrogen (secondary N) is 2. The lowest BCUT2D eigenvalue weighted by atomic mass is 10.1. The molecule has 0 bridgehead atoms. The zero-order valence-corrected chi connectivity index (χ0v) is 15.2. The molecule has 0 saturated heterocycles. The number of benzene rings is 1. The third-order valence-electron chi connectivity index (χ3n) is 4.55. The van der Waals surface area contributed by atoms with Gasteiger partial charge in [-0.1, -0.05) is 6.07 Å². The minimum Gasteiger partial charge on any atom is -0.348 e. The van der Waals surface area contributed by atoms with Crippen LogP contribution in [0.1, 0.15) is 36.8 Å². The van der Waals surface area contributed by atoms with Crippen molar-refractivity contribution in [1.29, 1.82) is 5.26 Å². The van der Waals surface area contributed by atoms with Crippen molar-refractivity contribution >= 4 is 17.6 Å². The van der Waals surface area contributed by atoms with Crippen molar-refractivity contribution in [2.24, 2.45) is 0 Å². The second-order valence-electron chi connectivity index (χ2n) is 6.43. The van der Waals surface area contributed by atoms with Gasteiger partial charge in [0.15, 0.2) is 0 Å². The summed E-state index contributed by atoms with van der Waals surface area (Å²) in [5.74, 6) is -1.98. The Morgan fingerprint density at radius 1 is 1.32 bits per heavy atom. The van der Waals surface area contributed by atoms with Gasteiger partial charge in [-0.2, -0.15) is 5.26 Å². The number of fused-ring (bicyclic) bond motifs is 1. The first kappa shape index (κ1) is 19.2. The van der Waals surface area contributed by atoms with Crippen LogP contribution < -0.4 is 10.6 Å². The van der Waals surface area contributed by atoms with Crippen LogP contribution in [0.15, 0.2) is 30.3 Å². The highest BCUT2D eigenvalue weighted by molar-refractivity contribution is 5.95. The van der Waals surface area contributed by atoms with Gasteiger partial charge < -0.3 is 15.5 Å². The van der Waals surface area contributed by atoms with E-state index in [0.717, 1.165) is 12.1 Å². The Bertz CT molecular complexity index is 989. The quantitative estimate of drug-likeness (QED) is 0.846. The highest BCUT2D eigenvalue weighted by Gasteiger charge is 2.32. The van der Waals surface area contributed by atoms with Gasteiger partial charge in [-0.15, -0.1) is 0 Å². The lowest BCUT2D eigenvalue weighted by Gasteiger charge is -2.33. The summed E-state index contributed by atoms with van der Waals surface area (Å²) in [5, 5.41) is 14.2. The molecule has 0 aliphatic carbocycles. The molecule has 1 aromatic heterocycles. The first-order valence-corrected chi connectivity index (χ1v) is 8.53. The Kier molecular flexibility index (Phi) is 5.22. The molecule has 144 valence electrons. The van der Waals surface area contributed by atoms with Gasteiger partial charge in [-0.05, 0) is 32.0 Å². The fourth-order valence-electron chi connectivity index (χ4n) is 2.94. The second-order valence-corrected chi connectivity index (χ2v) is 6.43. The van der Waals surface area contributed by atoms with E-state index in [1.165, 1.54) is 24.0 Å². The number of halogens is 2. The van der Waals surface area contributed by atoms with E-state index in [1.807, 2.05) is 6.07 Å². The zero-order valence-electron chi connectivity index (χ0n) is 15.2. The van der Waals surface area contributed by atoms with Crippen LogP contribution in [-0.2, 0) is 11.3 Å². The SMILES string of the molecule is C[C@H](NC(=O)[C@@H](C)N1Cc2nc(C#N)ccc2NC1=O)c1ccc(F)cc1F. The molecule has 9 heteroatoms. The largest absolute Gasteiger partial charge is 0.348 e. The first-order valence-electron chi connectivity index (χ1n) is 8.53. The van der Waals surface area contributed by atoms with Gasteiger partial charge in [0.05, 0.1) is 24.0 Å². The molecule has 0 unspecified atom stereocenters. The molecule has 1 aromatic carbocycles. The van der Waals surface area contributed by atoms with E-state index in [1.54, 1.807) is 13.0 Å². The number of carbonyl (C=O) groups excluding carboxylic acids is 2. The molecule has 1 aliphatic rings. The number of aromatic nitrogens is 1. The molecule has 2 atom stereocenters. The first-order chi connectivity index (χ1) is 13.3. The number of amides is 3. The van der Waals surface area contributed by atoms with E-state index in [9.17, 15) is 18.4 Å². The van der Waals surface area contributed by atoms with Crippen molar-refractivity contribution in [2.45, 2.75) is 32.5 Å². The Morgan fingerprint density at radius 3 is 2.75 bits per heavy atom. The highest BCUT2D eigenvalue weighted by atomic mass is 19.1. The molecular weight excluding hydrogens is 368 g/mol. The number of nitrogens with zero attached hydrogens (tertiary/aromatic N) is 3. The maximum absolute atomic E-state index is 13.9. The van der Waals surface area contributed by atoms with E-state index < -0.39 is 35.7 Å². The van der Waals surface area contributed by atoms with E-state index in [2.05, 4.69) is 15.6 Å². The smallest absolute Gasteiger partial charge is 0.322 e. The lowest BCUT2D eigenvalue weighted by Crippen LogP contribution is -2.51. The number of carbonyl (C=O) groups is 2. The average Bonchev–Trinajstić information content (AvgIpc) is 2.66. The van der Waals surface area contributed by atoms with Crippen molar-refractivity contribution in [2.75, 3.05) is 5.32 Å². The molecule has 2 N–H and O–H groups in total. The van der Waals surface area contributed by atoms with Crippen LogP contribution in [0, 0.1) is 23.0 Å². The predicted octanol–water partition coefficient (Wildman–Crippen LogP) is 2.84. The highest BCUT2D eigenvalue weighted by Crippen LogP contribution is 2.24. The Morgan fingerprint density at radius 2 is 2.07 bits per heavy atom. The molecule has 0 spiro atoms. The predicted molar refractivity (Wildman–Crippen MR) is 95.9 cm³/mol. The van der Waals surface area contributed by atoms with E-state index in [-0.39, 0.29) is 17.8 Å². The van der Waals surface area contributed by atoms with E-state index in [0.29, 0.717) is 11.4 Å². The van der Waals surface area contributed by atoms with Crippen LogP contribution in [0.2, 0.25) is 0 Å². The van der Waals surface area contributed by atoms with Gasteiger partial charge >= 0.3 is 6.03 Å². The summed E-state index contributed by atoms with van der Waals surface area (Å²) in [6.07, 6.45) is 0. The lowest BCUT2D eigenvalue weighted by molar-refractivity contribution is -0.125. The second kappa shape index (κ2) is 7.60. The molecule has 0 radical (unpaired) electrons. The summed E-state index contributed by atoms with van der Waals surface area (Å²) < 4.78 is 27.0. The fraction of sp³-hybridized carbons (Fsp3) is 0.263. The normalized spacial score (nSPS) is 15.1. The number of anilines is 1. The number of urea groups is 1. The van der Waals surface area contributed by atoms with Crippen LogP contribution in [0.3, 0.4) is 0 Å². The summed E-state index contributed by atoms with van der Waals surface area (Å²) in [7, 11) is 0. The molecule has 28 heavy (non-hydrogen) atoms. The fourth-order valence-corrected chi connectivity index (χ4v) is 2.94. The summed E-state index contributed by atoms with van der Waals surface area (Å²) in [5.41, 5.74) is 1.29. The van der Waals surface area contributed by atoms with Crippen molar-refractivity contribution in [1.82, 2.24) is 15.2 Å². The van der Waals surface area contributed by atoms with E-state index >= 15 is 0 Å². The van der Waals surface area contributed by atoms with Crippen LogP contribution in [0.5, 0.6) is 0 Å². The summed E-state index contributed by atoms with van der Waals surface area (Å²) in [6.45, 7) is 3.14. The number of nitriles is 1. The third-order valence-corrected chi connectivity index (χ3v) is 4.55. The van der Waals surface area contributed by atoms with Gasteiger partial charge in [-0.25, -0.2) is 18.6 Å².